The lowest BCUT2D eigenvalue weighted by molar-refractivity contribution is 0.0600. The number of carbonyl (C=O) groups excluding carboxylic acids is 2. The number of halogens is 1. The number of para-hydroxylation sites is 2. The maximum Gasteiger partial charge on any atom is 0.337 e. The van der Waals surface area contributed by atoms with Gasteiger partial charge in [0.05, 0.1) is 24.3 Å². The number of hydrogen-bond acceptors (Lipinski definition) is 5. The van der Waals surface area contributed by atoms with Crippen molar-refractivity contribution < 1.29 is 23.1 Å². The number of fused-ring (bicyclic) bond motifs is 1. The number of rotatable bonds is 3. The number of nitrogens with one attached hydrogen (secondary N) is 1. The highest BCUT2D eigenvalue weighted by Gasteiger charge is 2.28. The third-order valence-corrected chi connectivity index (χ3v) is 5.00. The summed E-state index contributed by atoms with van der Waals surface area (Å²) in [7, 11) is 1.24. The van der Waals surface area contributed by atoms with Crippen LogP contribution < -0.4 is 5.32 Å². The van der Waals surface area contributed by atoms with Gasteiger partial charge in [0.15, 0.2) is 11.5 Å². The van der Waals surface area contributed by atoms with Gasteiger partial charge in [0, 0.05) is 13.1 Å². The molecule has 1 fully saturated rings. The van der Waals surface area contributed by atoms with Gasteiger partial charge in [-0.3, -0.25) is 0 Å². The van der Waals surface area contributed by atoms with E-state index in [1.165, 1.54) is 19.2 Å². The van der Waals surface area contributed by atoms with Gasteiger partial charge < -0.3 is 19.4 Å². The van der Waals surface area contributed by atoms with Crippen LogP contribution in [0, 0.1) is 5.82 Å². The fourth-order valence-corrected chi connectivity index (χ4v) is 3.49. The molecule has 3 aromatic rings. The van der Waals surface area contributed by atoms with E-state index in [-0.39, 0.29) is 17.2 Å². The average Bonchev–Trinajstić information content (AvgIpc) is 3.19. The molecule has 1 saturated heterocycles. The van der Waals surface area contributed by atoms with E-state index in [0.717, 1.165) is 24.4 Å². The smallest absolute Gasteiger partial charge is 0.337 e. The summed E-state index contributed by atoms with van der Waals surface area (Å²) in [6.07, 6.45) is 1.63. The number of aromatic nitrogens is 1. The largest absolute Gasteiger partial charge is 0.465 e. The van der Waals surface area contributed by atoms with Crippen LogP contribution in [0.15, 0.2) is 46.9 Å². The molecule has 7 nitrogen and oxygen atoms in total. The van der Waals surface area contributed by atoms with Crippen molar-refractivity contribution in [2.75, 3.05) is 25.5 Å². The Morgan fingerprint density at radius 3 is 2.90 bits per heavy atom. The minimum Gasteiger partial charge on any atom is -0.465 e. The second-order valence-electron chi connectivity index (χ2n) is 6.92. The van der Waals surface area contributed by atoms with E-state index in [1.54, 1.807) is 4.90 Å². The van der Waals surface area contributed by atoms with Crippen molar-refractivity contribution in [3.05, 3.63) is 59.7 Å². The predicted molar refractivity (Wildman–Crippen MR) is 104 cm³/mol. The van der Waals surface area contributed by atoms with E-state index in [1.807, 2.05) is 24.3 Å². The van der Waals surface area contributed by atoms with Crippen molar-refractivity contribution >= 4 is 28.8 Å². The van der Waals surface area contributed by atoms with Gasteiger partial charge in [0.25, 0.3) is 0 Å². The fourth-order valence-electron chi connectivity index (χ4n) is 3.49. The number of carbonyl (C=O) groups is 2. The van der Waals surface area contributed by atoms with Crippen molar-refractivity contribution in [1.82, 2.24) is 9.88 Å². The molecule has 1 N–H and O–H groups in total. The highest BCUT2D eigenvalue weighted by Crippen LogP contribution is 2.29. The van der Waals surface area contributed by atoms with Crippen LogP contribution in [-0.2, 0) is 4.74 Å². The lowest BCUT2D eigenvalue weighted by Crippen LogP contribution is -2.41. The molecule has 150 valence electrons. The summed E-state index contributed by atoms with van der Waals surface area (Å²) in [5.41, 5.74) is 1.59. The van der Waals surface area contributed by atoms with Gasteiger partial charge in [-0.25, -0.2) is 19.0 Å². The van der Waals surface area contributed by atoms with Gasteiger partial charge in [-0.15, -0.1) is 0 Å². The van der Waals surface area contributed by atoms with E-state index in [4.69, 9.17) is 4.42 Å². The molecule has 2 aromatic carbocycles. The van der Waals surface area contributed by atoms with Crippen LogP contribution in [0.1, 0.15) is 35.0 Å². The second kappa shape index (κ2) is 7.90. The second-order valence-corrected chi connectivity index (χ2v) is 6.92. The number of anilines is 1. The molecule has 2 amide bonds. The number of amides is 2. The molecule has 8 heteroatoms. The Bertz CT molecular complexity index is 1030. The zero-order chi connectivity index (χ0) is 20.4. The first-order valence-electron chi connectivity index (χ1n) is 9.34. The molecule has 1 atom stereocenters. The van der Waals surface area contributed by atoms with Gasteiger partial charge in [-0.1, -0.05) is 12.1 Å². The fraction of sp³-hybridized carbons (Fsp3) is 0.286. The number of hydrogen-bond donors (Lipinski definition) is 1. The molecular weight excluding hydrogens is 377 g/mol. The minimum atomic E-state index is -0.626. The number of benzene rings is 2. The van der Waals surface area contributed by atoms with Crippen LogP contribution in [0.25, 0.3) is 11.1 Å². The van der Waals surface area contributed by atoms with E-state index in [2.05, 4.69) is 15.0 Å². The molecule has 0 spiro atoms. The Morgan fingerprint density at radius 2 is 2.10 bits per heavy atom. The first kappa shape index (κ1) is 18.9. The molecular formula is C21H20FN3O4. The van der Waals surface area contributed by atoms with Gasteiger partial charge in [-0.2, -0.15) is 0 Å². The quantitative estimate of drug-likeness (QED) is 0.671. The number of likely N-dealkylation sites (tertiary alicyclic amines) is 1. The molecule has 2 heterocycles. The van der Waals surface area contributed by atoms with Crippen molar-refractivity contribution in [3.63, 3.8) is 0 Å². The van der Waals surface area contributed by atoms with Crippen molar-refractivity contribution in [2.45, 2.75) is 18.8 Å². The number of urea groups is 1. The van der Waals surface area contributed by atoms with E-state index < -0.39 is 17.8 Å². The zero-order valence-electron chi connectivity index (χ0n) is 15.9. The summed E-state index contributed by atoms with van der Waals surface area (Å²) in [4.78, 5) is 30.5. The normalized spacial score (nSPS) is 16.6. The summed E-state index contributed by atoms with van der Waals surface area (Å²) in [6.45, 7) is 0.956. The lowest BCUT2D eigenvalue weighted by atomic mass is 9.98. The lowest BCUT2D eigenvalue weighted by Gasteiger charge is -2.31. The molecule has 0 unspecified atom stereocenters. The van der Waals surface area contributed by atoms with Crippen LogP contribution in [0.2, 0.25) is 0 Å². The molecule has 0 aliphatic carbocycles. The Labute approximate surface area is 166 Å². The van der Waals surface area contributed by atoms with E-state index >= 15 is 0 Å². The molecule has 0 saturated carbocycles. The predicted octanol–water partition coefficient (Wildman–Crippen LogP) is 4.17. The zero-order valence-corrected chi connectivity index (χ0v) is 15.9. The van der Waals surface area contributed by atoms with Crippen molar-refractivity contribution in [1.29, 1.82) is 0 Å². The highest BCUT2D eigenvalue weighted by atomic mass is 19.1. The Balaban J connectivity index is 1.48. The summed E-state index contributed by atoms with van der Waals surface area (Å²) in [5, 5.41) is 2.55. The van der Waals surface area contributed by atoms with Crippen LogP contribution in [0.5, 0.6) is 0 Å². The summed E-state index contributed by atoms with van der Waals surface area (Å²) >= 11 is 0. The summed E-state index contributed by atoms with van der Waals surface area (Å²) in [6, 6.07) is 10.8. The van der Waals surface area contributed by atoms with Crippen LogP contribution in [0.3, 0.4) is 0 Å². The van der Waals surface area contributed by atoms with Gasteiger partial charge in [0.1, 0.15) is 11.3 Å². The Kier molecular flexibility index (Phi) is 5.16. The number of nitrogens with zero attached hydrogens (tertiary/aromatic N) is 2. The van der Waals surface area contributed by atoms with E-state index in [0.29, 0.717) is 24.6 Å². The number of oxazole rings is 1. The highest BCUT2D eigenvalue weighted by molar-refractivity contribution is 5.94. The van der Waals surface area contributed by atoms with Crippen LogP contribution >= 0.6 is 0 Å². The molecule has 0 bridgehead atoms. The number of ether oxygens (including phenoxy) is 1. The average molecular weight is 397 g/mol. The first-order valence-corrected chi connectivity index (χ1v) is 9.34. The third-order valence-electron chi connectivity index (χ3n) is 5.00. The number of piperidine rings is 1. The molecule has 1 aliphatic heterocycles. The van der Waals surface area contributed by atoms with Crippen LogP contribution in [-0.4, -0.2) is 42.1 Å². The van der Waals surface area contributed by atoms with Crippen molar-refractivity contribution in [2.24, 2.45) is 0 Å². The minimum absolute atomic E-state index is 0.0341. The maximum absolute atomic E-state index is 14.1. The molecule has 1 aromatic heterocycles. The van der Waals surface area contributed by atoms with Gasteiger partial charge in [0.2, 0.25) is 0 Å². The Morgan fingerprint density at radius 1 is 1.28 bits per heavy atom. The first-order chi connectivity index (χ1) is 14.0. The van der Waals surface area contributed by atoms with E-state index in [9.17, 15) is 14.0 Å². The molecule has 1 aliphatic rings. The molecule has 4 rings (SSSR count). The topological polar surface area (TPSA) is 84.7 Å². The van der Waals surface area contributed by atoms with Crippen LogP contribution in [0.4, 0.5) is 14.9 Å². The summed E-state index contributed by atoms with van der Waals surface area (Å²) < 4.78 is 24.6. The monoisotopic (exact) mass is 397 g/mol. The van der Waals surface area contributed by atoms with Gasteiger partial charge in [-0.05, 0) is 43.2 Å². The standard InChI is InChI=1S/C21H20FN3O4/c1-28-20(26)13-8-9-15(22)17(11-13)24-21(27)25-10-4-5-14(12-25)19-23-16-6-2-3-7-18(16)29-19/h2-3,6-9,11,14H,4-5,10,12H2,1H3,(H,24,27)/t14-/m1/s1. The number of esters is 1. The van der Waals surface area contributed by atoms with Crippen molar-refractivity contribution in [3.8, 4) is 0 Å². The maximum atomic E-state index is 14.1. The molecule has 0 radical (unpaired) electrons. The SMILES string of the molecule is COC(=O)c1ccc(F)c(NC(=O)N2CCC[C@@H](c3nc4ccccc4o3)C2)c1. The summed E-state index contributed by atoms with van der Waals surface area (Å²) in [5.74, 6) is -0.663. The molecule has 29 heavy (non-hydrogen) atoms. The third kappa shape index (κ3) is 3.91. The Hall–Kier alpha value is -3.42. The van der Waals surface area contributed by atoms with Gasteiger partial charge >= 0.3 is 12.0 Å². The number of methoxy groups -OCH3 is 1.